The second kappa shape index (κ2) is 10.8. The van der Waals surface area contributed by atoms with Gasteiger partial charge in [-0.25, -0.2) is 14.6 Å². The van der Waals surface area contributed by atoms with Crippen LogP contribution in [0.2, 0.25) is 0 Å². The van der Waals surface area contributed by atoms with Crippen molar-refractivity contribution < 1.29 is 9.53 Å². The molecule has 0 spiro atoms. The fourth-order valence-corrected chi connectivity index (χ4v) is 4.42. The van der Waals surface area contributed by atoms with Gasteiger partial charge in [0.2, 0.25) is 5.82 Å². The van der Waals surface area contributed by atoms with Crippen molar-refractivity contribution in [2.75, 3.05) is 12.8 Å². The van der Waals surface area contributed by atoms with Crippen molar-refractivity contribution in [3.05, 3.63) is 101 Å². The molecule has 0 aliphatic rings. The Bertz CT molecular complexity index is 1590. The maximum atomic E-state index is 13.0. The van der Waals surface area contributed by atoms with Gasteiger partial charge in [0.1, 0.15) is 12.4 Å². The van der Waals surface area contributed by atoms with Crippen LogP contribution in [0.1, 0.15) is 44.3 Å². The van der Waals surface area contributed by atoms with Gasteiger partial charge < -0.3 is 15.8 Å². The lowest BCUT2D eigenvalue weighted by molar-refractivity contribution is 0.0940. The third kappa shape index (κ3) is 5.40. The standard InChI is InChI=1S/C28H30N8O2/c1-18-12-32-35(14-18)15-20-4-6-21(7-5-20)16-36-25(17-38-3)33-27(34-36)28(37)31-13-22-8-9-24-23(19(22)2)10-11-30-26(24)29/h4-12,14H,13,15-17H2,1-3H3,(H2,29,30)(H,31,37). The van der Waals surface area contributed by atoms with Gasteiger partial charge in [-0.3, -0.25) is 9.48 Å². The first kappa shape index (κ1) is 25.1. The molecule has 0 unspecified atom stereocenters. The Kier molecular flexibility index (Phi) is 7.14. The molecule has 1 amide bonds. The van der Waals surface area contributed by atoms with Crippen LogP contribution in [0.4, 0.5) is 5.82 Å². The smallest absolute Gasteiger partial charge is 0.291 e. The number of hydrogen-bond acceptors (Lipinski definition) is 7. The summed E-state index contributed by atoms with van der Waals surface area (Å²) in [5.74, 6) is 0.831. The Hall–Kier alpha value is -4.57. The van der Waals surface area contributed by atoms with E-state index in [1.807, 2.05) is 49.1 Å². The third-order valence-corrected chi connectivity index (χ3v) is 6.48. The zero-order valence-corrected chi connectivity index (χ0v) is 21.7. The van der Waals surface area contributed by atoms with Crippen LogP contribution < -0.4 is 11.1 Å². The molecule has 5 aromatic rings. The van der Waals surface area contributed by atoms with Gasteiger partial charge in [-0.1, -0.05) is 36.4 Å². The lowest BCUT2D eigenvalue weighted by Gasteiger charge is -2.11. The number of rotatable bonds is 9. The topological polar surface area (TPSA) is 126 Å². The minimum atomic E-state index is -0.347. The van der Waals surface area contributed by atoms with Crippen LogP contribution in [-0.2, 0) is 31.0 Å². The summed E-state index contributed by atoms with van der Waals surface area (Å²) >= 11 is 0. The molecule has 2 aromatic carbocycles. The molecular weight excluding hydrogens is 480 g/mol. The number of pyridine rings is 1. The highest BCUT2D eigenvalue weighted by Crippen LogP contribution is 2.24. The molecule has 10 heteroatoms. The van der Waals surface area contributed by atoms with Crippen LogP contribution in [0.25, 0.3) is 10.8 Å². The zero-order valence-electron chi connectivity index (χ0n) is 21.7. The minimum Gasteiger partial charge on any atom is -0.383 e. The van der Waals surface area contributed by atoms with Crippen LogP contribution in [0.15, 0.2) is 61.1 Å². The van der Waals surface area contributed by atoms with Gasteiger partial charge in [-0.15, -0.1) is 5.10 Å². The van der Waals surface area contributed by atoms with E-state index in [4.69, 9.17) is 10.5 Å². The van der Waals surface area contributed by atoms with Crippen molar-refractivity contribution >= 4 is 22.5 Å². The number of ether oxygens (including phenoxy) is 1. The van der Waals surface area contributed by atoms with Crippen molar-refractivity contribution in [3.8, 4) is 0 Å². The maximum absolute atomic E-state index is 13.0. The number of aromatic nitrogens is 6. The van der Waals surface area contributed by atoms with Gasteiger partial charge in [0.15, 0.2) is 5.82 Å². The highest BCUT2D eigenvalue weighted by molar-refractivity contribution is 5.94. The summed E-state index contributed by atoms with van der Waals surface area (Å²) in [5.41, 5.74) is 11.3. The molecule has 0 aliphatic carbocycles. The largest absolute Gasteiger partial charge is 0.383 e. The molecule has 3 aromatic heterocycles. The van der Waals surface area contributed by atoms with E-state index in [0.717, 1.165) is 38.6 Å². The molecule has 5 rings (SSSR count). The first-order chi connectivity index (χ1) is 18.4. The molecule has 194 valence electrons. The second-order valence-electron chi connectivity index (χ2n) is 9.30. The number of benzene rings is 2. The number of fused-ring (bicyclic) bond motifs is 1. The summed E-state index contributed by atoms with van der Waals surface area (Å²) < 4.78 is 8.92. The molecule has 3 N–H and O–H groups in total. The Morgan fingerprint density at radius 2 is 1.79 bits per heavy atom. The maximum Gasteiger partial charge on any atom is 0.291 e. The molecular formula is C28H30N8O2. The fourth-order valence-electron chi connectivity index (χ4n) is 4.42. The van der Waals surface area contributed by atoms with Gasteiger partial charge in [0, 0.05) is 31.4 Å². The van der Waals surface area contributed by atoms with E-state index in [0.29, 0.717) is 31.3 Å². The molecule has 3 heterocycles. The monoisotopic (exact) mass is 510 g/mol. The van der Waals surface area contributed by atoms with Crippen molar-refractivity contribution in [1.82, 2.24) is 34.8 Å². The van der Waals surface area contributed by atoms with Gasteiger partial charge in [0.05, 0.1) is 19.3 Å². The van der Waals surface area contributed by atoms with Crippen molar-refractivity contribution in [2.45, 2.75) is 40.1 Å². The zero-order chi connectivity index (χ0) is 26.6. The Labute approximate surface area is 220 Å². The first-order valence-corrected chi connectivity index (χ1v) is 12.3. The van der Waals surface area contributed by atoms with Gasteiger partial charge >= 0.3 is 0 Å². The molecule has 0 aliphatic heterocycles. The lowest BCUT2D eigenvalue weighted by atomic mass is 10.0. The number of methoxy groups -OCH3 is 1. The number of hydrogen-bond donors (Lipinski definition) is 2. The van der Waals surface area contributed by atoms with E-state index >= 15 is 0 Å². The number of carbonyl (C=O) groups excluding carboxylic acids is 1. The molecule has 0 saturated carbocycles. The number of carbonyl (C=O) groups is 1. The van der Waals surface area contributed by atoms with Crippen molar-refractivity contribution in [2.24, 2.45) is 0 Å². The highest BCUT2D eigenvalue weighted by Gasteiger charge is 2.17. The van der Waals surface area contributed by atoms with Crippen LogP contribution in [-0.4, -0.2) is 42.5 Å². The number of nitrogens with two attached hydrogens (primary N) is 1. The summed E-state index contributed by atoms with van der Waals surface area (Å²) in [7, 11) is 1.59. The van der Waals surface area contributed by atoms with Crippen molar-refractivity contribution in [3.63, 3.8) is 0 Å². The summed E-state index contributed by atoms with van der Waals surface area (Å²) in [4.78, 5) is 21.6. The van der Waals surface area contributed by atoms with Gasteiger partial charge in [-0.2, -0.15) is 5.10 Å². The number of nitrogens with zero attached hydrogens (tertiary/aromatic N) is 6. The quantitative estimate of drug-likeness (QED) is 0.311. The van der Waals surface area contributed by atoms with E-state index in [1.54, 1.807) is 18.0 Å². The summed E-state index contributed by atoms with van der Waals surface area (Å²) in [6, 6.07) is 14.1. The van der Waals surface area contributed by atoms with E-state index in [1.165, 1.54) is 0 Å². The number of aryl methyl sites for hydroxylation is 2. The minimum absolute atomic E-state index is 0.106. The van der Waals surface area contributed by atoms with Gasteiger partial charge in [0.25, 0.3) is 5.91 Å². The predicted molar refractivity (Wildman–Crippen MR) is 144 cm³/mol. The average Bonchev–Trinajstić information content (AvgIpc) is 3.51. The Morgan fingerprint density at radius 1 is 1.03 bits per heavy atom. The summed E-state index contributed by atoms with van der Waals surface area (Å²) in [5, 5.41) is 13.7. The lowest BCUT2D eigenvalue weighted by Crippen LogP contribution is -2.24. The van der Waals surface area contributed by atoms with Crippen LogP contribution >= 0.6 is 0 Å². The first-order valence-electron chi connectivity index (χ1n) is 12.3. The van der Waals surface area contributed by atoms with Crippen molar-refractivity contribution in [1.29, 1.82) is 0 Å². The molecule has 0 saturated heterocycles. The fraction of sp³-hybridized carbons (Fsp3) is 0.250. The number of amides is 1. The van der Waals surface area contributed by atoms with E-state index < -0.39 is 0 Å². The number of nitrogens with one attached hydrogen (secondary N) is 1. The highest BCUT2D eigenvalue weighted by atomic mass is 16.5. The van der Waals surface area contributed by atoms with E-state index in [2.05, 4.69) is 49.7 Å². The SMILES string of the molecule is COCc1nc(C(=O)NCc2ccc3c(N)nccc3c2C)nn1Cc1ccc(Cn2cc(C)cn2)cc1. The molecule has 0 atom stereocenters. The molecule has 10 nitrogen and oxygen atoms in total. The average molecular weight is 511 g/mol. The number of nitrogen functional groups attached to an aromatic ring is 1. The molecule has 38 heavy (non-hydrogen) atoms. The summed E-state index contributed by atoms with van der Waals surface area (Å²) in [6.45, 7) is 5.80. The van der Waals surface area contributed by atoms with E-state index in [-0.39, 0.29) is 18.3 Å². The second-order valence-corrected chi connectivity index (χ2v) is 9.30. The number of anilines is 1. The molecule has 0 bridgehead atoms. The Balaban J connectivity index is 1.27. The van der Waals surface area contributed by atoms with Crippen LogP contribution in [0.3, 0.4) is 0 Å². The van der Waals surface area contributed by atoms with E-state index in [9.17, 15) is 4.79 Å². The van der Waals surface area contributed by atoms with Gasteiger partial charge in [-0.05, 0) is 53.1 Å². The third-order valence-electron chi connectivity index (χ3n) is 6.48. The summed E-state index contributed by atoms with van der Waals surface area (Å²) in [6.07, 6.45) is 5.55. The predicted octanol–water partition coefficient (Wildman–Crippen LogP) is 3.39. The van der Waals surface area contributed by atoms with Crippen LogP contribution in [0.5, 0.6) is 0 Å². The van der Waals surface area contributed by atoms with Crippen LogP contribution in [0, 0.1) is 13.8 Å². The molecule has 0 radical (unpaired) electrons. The normalized spacial score (nSPS) is 11.2. The molecule has 0 fully saturated rings. The Morgan fingerprint density at radius 3 is 2.50 bits per heavy atom.